The number of methoxy groups -OCH3 is 1. The Balaban J connectivity index is 2.31. The average Bonchev–Trinajstić information content (AvgIpc) is 2.28. The van der Waals surface area contributed by atoms with Gasteiger partial charge in [0.05, 0.1) is 7.11 Å². The number of ether oxygens (including phenoxy) is 1. The van der Waals surface area contributed by atoms with Gasteiger partial charge in [-0.2, -0.15) is 0 Å². The van der Waals surface area contributed by atoms with E-state index in [9.17, 15) is 4.79 Å². The highest BCUT2D eigenvalue weighted by molar-refractivity contribution is 7.71. The van der Waals surface area contributed by atoms with Crippen LogP contribution in [-0.4, -0.2) is 17.1 Å². The maximum absolute atomic E-state index is 11.2. The molecule has 1 aromatic carbocycles. The van der Waals surface area contributed by atoms with Gasteiger partial charge in [0.25, 0.3) is 5.56 Å². The van der Waals surface area contributed by atoms with Gasteiger partial charge in [-0.25, -0.2) is 0 Å². The molecule has 0 bridgehead atoms. The topological polar surface area (TPSA) is 69.9 Å². The highest BCUT2D eigenvalue weighted by atomic mass is 32.1. The molecule has 0 unspecified atom stereocenters. The first-order valence-corrected chi connectivity index (χ1v) is 5.33. The Morgan fingerprint density at radius 2 is 2.12 bits per heavy atom. The van der Waals surface area contributed by atoms with Crippen LogP contribution in [0.25, 0.3) is 0 Å². The third-order valence-corrected chi connectivity index (χ3v) is 2.31. The van der Waals surface area contributed by atoms with Crippen LogP contribution in [0.1, 0.15) is 0 Å². The Morgan fingerprint density at radius 1 is 1.29 bits per heavy atom. The van der Waals surface area contributed by atoms with Crippen molar-refractivity contribution in [1.82, 2.24) is 9.97 Å². The molecule has 6 heteroatoms. The minimum atomic E-state index is -0.251. The minimum Gasteiger partial charge on any atom is -0.497 e. The van der Waals surface area contributed by atoms with Gasteiger partial charge in [0.1, 0.15) is 11.6 Å². The van der Waals surface area contributed by atoms with Crippen molar-refractivity contribution in [3.8, 4) is 5.75 Å². The number of hydrogen-bond donors (Lipinski definition) is 3. The molecule has 17 heavy (non-hydrogen) atoms. The van der Waals surface area contributed by atoms with Crippen molar-refractivity contribution in [3.63, 3.8) is 0 Å². The summed E-state index contributed by atoms with van der Waals surface area (Å²) in [5, 5.41) is 3.04. The third-order valence-electron chi connectivity index (χ3n) is 2.11. The summed E-state index contributed by atoms with van der Waals surface area (Å²) in [6.07, 6.45) is 0. The zero-order valence-corrected chi connectivity index (χ0v) is 9.93. The van der Waals surface area contributed by atoms with Crippen LogP contribution in [0, 0.1) is 4.77 Å². The molecular weight excluding hydrogens is 238 g/mol. The van der Waals surface area contributed by atoms with Gasteiger partial charge in [0.15, 0.2) is 4.77 Å². The van der Waals surface area contributed by atoms with Gasteiger partial charge in [-0.05, 0) is 24.4 Å². The monoisotopic (exact) mass is 249 g/mol. The second kappa shape index (κ2) is 4.84. The normalized spacial score (nSPS) is 9.94. The molecule has 1 heterocycles. The maximum atomic E-state index is 11.2. The summed E-state index contributed by atoms with van der Waals surface area (Å²) in [6.45, 7) is 0. The summed E-state index contributed by atoms with van der Waals surface area (Å²) in [6, 6.07) is 8.77. The summed E-state index contributed by atoms with van der Waals surface area (Å²) in [4.78, 5) is 16.5. The van der Waals surface area contributed by atoms with E-state index in [1.165, 1.54) is 6.07 Å². The Labute approximate surface area is 102 Å². The molecule has 0 atom stereocenters. The standard InChI is InChI=1S/C11H11N3O2S/c1-16-8-4-2-3-7(5-8)12-9-6-10(15)14-11(17)13-9/h2-6H,1H3,(H3,12,13,14,15,17). The molecule has 0 aliphatic carbocycles. The van der Waals surface area contributed by atoms with Crippen molar-refractivity contribution in [1.29, 1.82) is 0 Å². The molecule has 2 aromatic rings. The van der Waals surface area contributed by atoms with Gasteiger partial charge in [-0.15, -0.1) is 0 Å². The van der Waals surface area contributed by atoms with Gasteiger partial charge in [0.2, 0.25) is 0 Å². The van der Waals surface area contributed by atoms with E-state index in [2.05, 4.69) is 15.3 Å². The van der Waals surface area contributed by atoms with E-state index in [0.717, 1.165) is 11.4 Å². The average molecular weight is 249 g/mol. The van der Waals surface area contributed by atoms with Crippen LogP contribution in [0.5, 0.6) is 5.75 Å². The molecule has 0 radical (unpaired) electrons. The lowest BCUT2D eigenvalue weighted by Crippen LogP contribution is -2.08. The van der Waals surface area contributed by atoms with Crippen molar-refractivity contribution in [3.05, 3.63) is 45.5 Å². The molecule has 5 nitrogen and oxygen atoms in total. The number of aromatic nitrogens is 2. The van der Waals surface area contributed by atoms with Gasteiger partial charge < -0.3 is 15.0 Å². The quantitative estimate of drug-likeness (QED) is 0.729. The lowest BCUT2D eigenvalue weighted by molar-refractivity contribution is 0.415. The molecule has 0 amide bonds. The van der Waals surface area contributed by atoms with E-state index in [0.29, 0.717) is 5.82 Å². The molecule has 2 rings (SSSR count). The largest absolute Gasteiger partial charge is 0.497 e. The molecule has 3 N–H and O–H groups in total. The number of rotatable bonds is 3. The molecule has 0 aliphatic rings. The van der Waals surface area contributed by atoms with Crippen molar-refractivity contribution in [2.45, 2.75) is 0 Å². The molecule has 88 valence electrons. The van der Waals surface area contributed by atoms with Crippen LogP contribution >= 0.6 is 12.2 Å². The Kier molecular flexibility index (Phi) is 3.24. The van der Waals surface area contributed by atoms with Crippen molar-refractivity contribution in [2.75, 3.05) is 12.4 Å². The van der Waals surface area contributed by atoms with Crippen LogP contribution in [0.4, 0.5) is 11.5 Å². The summed E-state index contributed by atoms with van der Waals surface area (Å²) >= 11 is 4.88. The van der Waals surface area contributed by atoms with Crippen molar-refractivity contribution < 1.29 is 4.74 Å². The third kappa shape index (κ3) is 2.94. The number of aromatic amines is 2. The lowest BCUT2D eigenvalue weighted by Gasteiger charge is -2.07. The second-order valence-electron chi connectivity index (χ2n) is 3.36. The van der Waals surface area contributed by atoms with Crippen LogP contribution in [-0.2, 0) is 0 Å². The Morgan fingerprint density at radius 3 is 2.82 bits per heavy atom. The smallest absolute Gasteiger partial charge is 0.253 e. The van der Waals surface area contributed by atoms with Crippen molar-refractivity contribution in [2.24, 2.45) is 0 Å². The summed E-state index contributed by atoms with van der Waals surface area (Å²) < 4.78 is 5.38. The molecule has 0 aliphatic heterocycles. The second-order valence-corrected chi connectivity index (χ2v) is 3.77. The Bertz CT molecular complexity index is 605. The van der Waals surface area contributed by atoms with Gasteiger partial charge in [-0.1, -0.05) is 6.07 Å². The molecule has 0 spiro atoms. The highest BCUT2D eigenvalue weighted by Crippen LogP contribution is 2.19. The van der Waals surface area contributed by atoms with E-state index < -0.39 is 0 Å². The maximum Gasteiger partial charge on any atom is 0.253 e. The highest BCUT2D eigenvalue weighted by Gasteiger charge is 1.98. The molecular formula is C11H11N3O2S. The number of hydrogen-bond acceptors (Lipinski definition) is 4. The van der Waals surface area contributed by atoms with Crippen LogP contribution in [0.2, 0.25) is 0 Å². The fourth-order valence-electron chi connectivity index (χ4n) is 1.39. The number of anilines is 2. The lowest BCUT2D eigenvalue weighted by atomic mass is 10.3. The van der Waals surface area contributed by atoms with Crippen LogP contribution in [0.3, 0.4) is 0 Å². The first-order valence-electron chi connectivity index (χ1n) is 4.92. The molecule has 0 saturated carbocycles. The summed E-state index contributed by atoms with van der Waals surface area (Å²) in [7, 11) is 1.60. The van der Waals surface area contributed by atoms with E-state index >= 15 is 0 Å². The predicted octanol–water partition coefficient (Wildman–Crippen LogP) is 2.18. The molecule has 0 fully saturated rings. The first kappa shape index (κ1) is 11.4. The van der Waals surface area contributed by atoms with E-state index in [1.807, 2.05) is 24.3 Å². The summed E-state index contributed by atoms with van der Waals surface area (Å²) in [5.74, 6) is 1.27. The fourth-order valence-corrected chi connectivity index (χ4v) is 1.60. The Hall–Kier alpha value is -2.08. The van der Waals surface area contributed by atoms with E-state index in [1.54, 1.807) is 7.11 Å². The molecule has 0 saturated heterocycles. The van der Waals surface area contributed by atoms with E-state index in [4.69, 9.17) is 17.0 Å². The van der Waals surface area contributed by atoms with Crippen LogP contribution in [0.15, 0.2) is 35.1 Å². The van der Waals surface area contributed by atoms with Crippen LogP contribution < -0.4 is 15.6 Å². The first-order chi connectivity index (χ1) is 8.17. The summed E-state index contributed by atoms with van der Waals surface area (Å²) in [5.41, 5.74) is 0.555. The number of H-pyrrole nitrogens is 2. The zero-order chi connectivity index (χ0) is 12.3. The van der Waals surface area contributed by atoms with Gasteiger partial charge in [-0.3, -0.25) is 9.78 Å². The fraction of sp³-hybridized carbons (Fsp3) is 0.0909. The SMILES string of the molecule is COc1cccc(Nc2cc(=O)[nH]c(=S)[nH]2)c1. The predicted molar refractivity (Wildman–Crippen MR) is 68.5 cm³/mol. The van der Waals surface area contributed by atoms with Gasteiger partial charge in [0, 0.05) is 17.8 Å². The minimum absolute atomic E-state index is 0.251. The zero-order valence-electron chi connectivity index (χ0n) is 9.11. The number of nitrogens with one attached hydrogen (secondary N) is 3. The van der Waals surface area contributed by atoms with Gasteiger partial charge >= 0.3 is 0 Å². The van der Waals surface area contributed by atoms with Crippen molar-refractivity contribution >= 4 is 23.7 Å². The molecule has 1 aromatic heterocycles. The van der Waals surface area contributed by atoms with E-state index in [-0.39, 0.29) is 10.3 Å². The number of benzene rings is 1.